The van der Waals surface area contributed by atoms with Gasteiger partial charge in [0, 0.05) is 40.4 Å². The highest BCUT2D eigenvalue weighted by Crippen LogP contribution is 2.37. The number of piperazine rings is 1. The fourth-order valence-electron chi connectivity index (χ4n) is 4.00. The average Bonchev–Trinajstić information content (AvgIpc) is 2.74. The van der Waals surface area contributed by atoms with Crippen molar-refractivity contribution in [2.45, 2.75) is 17.9 Å². The van der Waals surface area contributed by atoms with Crippen molar-refractivity contribution in [2.75, 3.05) is 24.5 Å². The molecule has 0 radical (unpaired) electrons. The topological polar surface area (TPSA) is 40.6 Å². The smallest absolute Gasteiger partial charge is 0.244 e. The molecule has 3 aromatic rings. The molecule has 0 bridgehead atoms. The summed E-state index contributed by atoms with van der Waals surface area (Å²) in [5.74, 6) is 0. The van der Waals surface area contributed by atoms with E-state index >= 15 is 0 Å². The SMILES string of the molecule is Cc1cc(Cl)ccc1N1CCN(S(=O)(=O)c2ccc(Cl)cc2Cl)CC1c1ccc(Cl)cc1. The third-order valence-electron chi connectivity index (χ3n) is 5.58. The molecule has 9 heteroatoms. The predicted molar refractivity (Wildman–Crippen MR) is 133 cm³/mol. The van der Waals surface area contributed by atoms with Crippen molar-refractivity contribution in [3.05, 3.63) is 91.9 Å². The zero-order valence-corrected chi connectivity index (χ0v) is 20.9. The zero-order chi connectivity index (χ0) is 23.0. The predicted octanol–water partition coefficient (Wildman–Crippen LogP) is 6.86. The maximum absolute atomic E-state index is 13.4. The summed E-state index contributed by atoms with van der Waals surface area (Å²) < 4.78 is 28.4. The van der Waals surface area contributed by atoms with Gasteiger partial charge in [-0.15, -0.1) is 0 Å². The van der Waals surface area contributed by atoms with Crippen molar-refractivity contribution < 1.29 is 8.42 Å². The Kier molecular flexibility index (Phi) is 6.97. The lowest BCUT2D eigenvalue weighted by molar-refractivity contribution is 0.335. The summed E-state index contributed by atoms with van der Waals surface area (Å²) in [5, 5.41) is 1.77. The monoisotopic (exact) mass is 528 g/mol. The summed E-state index contributed by atoms with van der Waals surface area (Å²) in [6.07, 6.45) is 0. The van der Waals surface area contributed by atoms with E-state index in [2.05, 4.69) is 4.90 Å². The molecular weight excluding hydrogens is 510 g/mol. The Balaban J connectivity index is 1.73. The quantitative estimate of drug-likeness (QED) is 0.370. The van der Waals surface area contributed by atoms with E-state index in [0.717, 1.165) is 16.8 Å². The van der Waals surface area contributed by atoms with E-state index in [-0.39, 0.29) is 22.5 Å². The normalized spacial score (nSPS) is 17.5. The Morgan fingerprint density at radius 2 is 1.44 bits per heavy atom. The zero-order valence-electron chi connectivity index (χ0n) is 17.1. The van der Waals surface area contributed by atoms with Crippen molar-refractivity contribution in [3.8, 4) is 0 Å². The van der Waals surface area contributed by atoms with Gasteiger partial charge in [0.25, 0.3) is 0 Å². The van der Waals surface area contributed by atoms with E-state index in [1.807, 2.05) is 49.4 Å². The van der Waals surface area contributed by atoms with Gasteiger partial charge in [-0.3, -0.25) is 0 Å². The van der Waals surface area contributed by atoms with Crippen molar-refractivity contribution in [2.24, 2.45) is 0 Å². The lowest BCUT2D eigenvalue weighted by atomic mass is 10.0. The van der Waals surface area contributed by atoms with Crippen LogP contribution in [-0.2, 0) is 10.0 Å². The second kappa shape index (κ2) is 9.41. The molecule has 0 saturated carbocycles. The number of rotatable bonds is 4. The highest BCUT2D eigenvalue weighted by Gasteiger charge is 2.36. The molecule has 32 heavy (non-hydrogen) atoms. The van der Waals surface area contributed by atoms with Crippen LogP contribution >= 0.6 is 46.4 Å². The minimum absolute atomic E-state index is 0.0505. The first-order valence-corrected chi connectivity index (χ1v) is 12.9. The van der Waals surface area contributed by atoms with E-state index in [0.29, 0.717) is 28.2 Å². The Bertz CT molecular complexity index is 1250. The van der Waals surface area contributed by atoms with Crippen LogP contribution in [0.4, 0.5) is 5.69 Å². The molecule has 0 amide bonds. The molecule has 1 atom stereocenters. The highest BCUT2D eigenvalue weighted by molar-refractivity contribution is 7.89. The number of anilines is 1. The molecular formula is C23H20Cl4N2O2S. The highest BCUT2D eigenvalue weighted by atomic mass is 35.5. The van der Waals surface area contributed by atoms with Gasteiger partial charge < -0.3 is 4.90 Å². The molecule has 4 rings (SSSR count). The number of hydrogen-bond acceptors (Lipinski definition) is 3. The first-order chi connectivity index (χ1) is 15.2. The van der Waals surface area contributed by atoms with Gasteiger partial charge in [-0.2, -0.15) is 4.31 Å². The maximum Gasteiger partial charge on any atom is 0.244 e. The first kappa shape index (κ1) is 23.7. The van der Waals surface area contributed by atoms with Gasteiger partial charge in [0.1, 0.15) is 4.90 Å². The number of hydrogen-bond donors (Lipinski definition) is 0. The van der Waals surface area contributed by atoms with Crippen LogP contribution in [0.2, 0.25) is 20.1 Å². The molecule has 0 spiro atoms. The third-order valence-corrected chi connectivity index (χ3v) is 8.65. The summed E-state index contributed by atoms with van der Waals surface area (Å²) in [5.41, 5.74) is 3.00. The Morgan fingerprint density at radius 3 is 2.09 bits per heavy atom. The van der Waals surface area contributed by atoms with Crippen LogP contribution in [0.25, 0.3) is 0 Å². The number of halogens is 4. The molecule has 1 aliphatic heterocycles. The Labute approximate surface area is 208 Å². The summed E-state index contributed by atoms with van der Waals surface area (Å²) in [4.78, 5) is 2.26. The van der Waals surface area contributed by atoms with Crippen LogP contribution in [0.15, 0.2) is 65.6 Å². The summed E-state index contributed by atoms with van der Waals surface area (Å²) in [6, 6.07) is 17.4. The molecule has 1 aliphatic rings. The first-order valence-electron chi connectivity index (χ1n) is 9.90. The Morgan fingerprint density at radius 1 is 0.812 bits per heavy atom. The molecule has 168 valence electrons. The molecule has 3 aromatic carbocycles. The summed E-state index contributed by atoms with van der Waals surface area (Å²) in [7, 11) is -3.81. The molecule has 1 saturated heterocycles. The van der Waals surface area contributed by atoms with Gasteiger partial charge in [-0.1, -0.05) is 58.5 Å². The van der Waals surface area contributed by atoms with Gasteiger partial charge >= 0.3 is 0 Å². The largest absolute Gasteiger partial charge is 0.362 e. The number of sulfonamides is 1. The minimum atomic E-state index is -3.81. The van der Waals surface area contributed by atoms with Crippen molar-refractivity contribution in [3.63, 3.8) is 0 Å². The lowest BCUT2D eigenvalue weighted by Crippen LogP contribution is -2.50. The van der Waals surface area contributed by atoms with Gasteiger partial charge in [-0.25, -0.2) is 8.42 Å². The van der Waals surface area contributed by atoms with E-state index in [1.165, 1.54) is 22.5 Å². The van der Waals surface area contributed by atoms with E-state index in [9.17, 15) is 8.42 Å². The van der Waals surface area contributed by atoms with Crippen LogP contribution < -0.4 is 4.90 Å². The van der Waals surface area contributed by atoms with Crippen LogP contribution in [0, 0.1) is 6.92 Å². The van der Waals surface area contributed by atoms with Crippen LogP contribution in [0.1, 0.15) is 17.2 Å². The average molecular weight is 530 g/mol. The van der Waals surface area contributed by atoms with E-state index in [4.69, 9.17) is 46.4 Å². The second-order valence-electron chi connectivity index (χ2n) is 7.63. The van der Waals surface area contributed by atoms with Crippen molar-refractivity contribution in [1.82, 2.24) is 4.31 Å². The van der Waals surface area contributed by atoms with Crippen molar-refractivity contribution >= 4 is 62.1 Å². The second-order valence-corrected chi connectivity index (χ2v) is 11.3. The number of benzene rings is 3. The lowest BCUT2D eigenvalue weighted by Gasteiger charge is -2.43. The Hall–Kier alpha value is -1.47. The van der Waals surface area contributed by atoms with Crippen LogP contribution in [-0.4, -0.2) is 32.4 Å². The molecule has 1 fully saturated rings. The fraction of sp³-hybridized carbons (Fsp3) is 0.217. The van der Waals surface area contributed by atoms with E-state index in [1.54, 1.807) is 0 Å². The number of aryl methyl sites for hydroxylation is 1. The molecule has 1 unspecified atom stereocenters. The van der Waals surface area contributed by atoms with Gasteiger partial charge in [0.15, 0.2) is 0 Å². The van der Waals surface area contributed by atoms with E-state index < -0.39 is 10.0 Å². The molecule has 4 nitrogen and oxygen atoms in total. The fourth-order valence-corrected chi connectivity index (χ4v) is 6.54. The molecule has 0 N–H and O–H groups in total. The van der Waals surface area contributed by atoms with Gasteiger partial charge in [-0.05, 0) is 66.6 Å². The number of nitrogens with zero attached hydrogens (tertiary/aromatic N) is 2. The standard InChI is InChI=1S/C23H20Cl4N2O2S/c1-15-12-18(25)6-8-21(15)29-11-10-28(14-22(29)16-2-4-17(24)5-3-16)32(30,31)23-9-7-19(26)13-20(23)27/h2-9,12-13,22H,10-11,14H2,1H3. The summed E-state index contributed by atoms with van der Waals surface area (Å²) >= 11 is 24.5. The van der Waals surface area contributed by atoms with Crippen LogP contribution in [0.3, 0.4) is 0 Å². The third kappa shape index (κ3) is 4.74. The summed E-state index contributed by atoms with van der Waals surface area (Å²) in [6.45, 7) is 3.06. The maximum atomic E-state index is 13.4. The molecule has 0 aromatic heterocycles. The molecule has 1 heterocycles. The molecule has 0 aliphatic carbocycles. The van der Waals surface area contributed by atoms with Crippen molar-refractivity contribution in [1.29, 1.82) is 0 Å². The van der Waals surface area contributed by atoms with Crippen LogP contribution in [0.5, 0.6) is 0 Å². The van der Waals surface area contributed by atoms with Gasteiger partial charge in [0.2, 0.25) is 10.0 Å². The minimum Gasteiger partial charge on any atom is -0.362 e. The van der Waals surface area contributed by atoms with Gasteiger partial charge in [0.05, 0.1) is 11.1 Å².